The second kappa shape index (κ2) is 9.44. The maximum Gasteiger partial charge on any atom is 0.127 e. The van der Waals surface area contributed by atoms with Crippen LogP contribution < -0.4 is 9.47 Å². The minimum absolute atomic E-state index is 0.154. The number of ether oxygens (including phenoxy) is 2. The van der Waals surface area contributed by atoms with Gasteiger partial charge < -0.3 is 19.7 Å². The molecule has 0 aliphatic carbocycles. The first-order valence-corrected chi connectivity index (χ1v) is 9.96. The predicted molar refractivity (Wildman–Crippen MR) is 118 cm³/mol. The van der Waals surface area contributed by atoms with E-state index in [1.165, 1.54) is 0 Å². The summed E-state index contributed by atoms with van der Waals surface area (Å²) in [6, 6.07) is 30.4. The third-order valence-electron chi connectivity index (χ3n) is 5.00. The summed E-state index contributed by atoms with van der Waals surface area (Å²) >= 11 is 0. The van der Waals surface area contributed by atoms with Crippen LogP contribution in [0, 0.1) is 0 Å². The fraction of sp³-hybridized carbons (Fsp3) is 0.154. The van der Waals surface area contributed by atoms with Crippen molar-refractivity contribution in [1.29, 1.82) is 0 Å². The first-order valence-electron chi connectivity index (χ1n) is 9.96. The van der Waals surface area contributed by atoms with Gasteiger partial charge in [0.05, 0.1) is 0 Å². The molecule has 0 bridgehead atoms. The van der Waals surface area contributed by atoms with E-state index in [0.717, 1.165) is 21.9 Å². The van der Waals surface area contributed by atoms with Gasteiger partial charge in [0.1, 0.15) is 36.9 Å². The molecule has 0 radical (unpaired) electrons. The largest absolute Gasteiger partial charge is 0.490 e. The molecule has 4 rings (SSSR count). The van der Waals surface area contributed by atoms with Crippen molar-refractivity contribution in [3.8, 4) is 11.5 Å². The molecular formula is C26H24O4. The topological polar surface area (TPSA) is 58.9 Å². The standard InChI is InChI=1S/C26H24O4/c27-23(19-9-3-1-4-10-19)17-29-25-15-7-14-22-21(25)13-8-16-26(22)30-18-24(28)20-11-5-2-6-12-20/h1-16,23-24,27-28H,17-18H2. The first-order chi connectivity index (χ1) is 14.7. The molecule has 0 heterocycles. The fourth-order valence-electron chi connectivity index (χ4n) is 3.38. The maximum atomic E-state index is 10.4. The number of aliphatic hydroxyl groups is 2. The molecule has 2 atom stereocenters. The second-order valence-electron chi connectivity index (χ2n) is 7.08. The first kappa shape index (κ1) is 20.0. The van der Waals surface area contributed by atoms with Gasteiger partial charge in [-0.05, 0) is 23.3 Å². The van der Waals surface area contributed by atoms with Gasteiger partial charge in [0.15, 0.2) is 0 Å². The van der Waals surface area contributed by atoms with E-state index in [9.17, 15) is 10.2 Å². The van der Waals surface area contributed by atoms with E-state index in [1.807, 2.05) is 97.1 Å². The molecule has 0 aliphatic heterocycles. The van der Waals surface area contributed by atoms with E-state index in [-0.39, 0.29) is 13.2 Å². The molecule has 2 unspecified atom stereocenters. The molecule has 0 amide bonds. The summed E-state index contributed by atoms with van der Waals surface area (Å²) in [6.07, 6.45) is -1.41. The van der Waals surface area contributed by atoms with Gasteiger partial charge in [-0.1, -0.05) is 84.9 Å². The lowest BCUT2D eigenvalue weighted by atomic mass is 10.1. The van der Waals surface area contributed by atoms with E-state index >= 15 is 0 Å². The van der Waals surface area contributed by atoms with Crippen LogP contribution >= 0.6 is 0 Å². The highest BCUT2D eigenvalue weighted by atomic mass is 16.5. The summed E-state index contributed by atoms with van der Waals surface area (Å²) in [5, 5.41) is 22.6. The number of hydrogen-bond acceptors (Lipinski definition) is 4. The molecule has 0 aliphatic rings. The molecule has 4 aromatic rings. The van der Waals surface area contributed by atoms with Crippen molar-refractivity contribution in [2.45, 2.75) is 12.2 Å². The Morgan fingerprint density at radius 1 is 0.500 bits per heavy atom. The smallest absolute Gasteiger partial charge is 0.127 e. The third-order valence-corrected chi connectivity index (χ3v) is 5.00. The van der Waals surface area contributed by atoms with Crippen molar-refractivity contribution >= 4 is 10.8 Å². The quantitative estimate of drug-likeness (QED) is 0.434. The van der Waals surface area contributed by atoms with Crippen molar-refractivity contribution in [2.75, 3.05) is 13.2 Å². The molecule has 2 N–H and O–H groups in total. The van der Waals surface area contributed by atoms with Crippen molar-refractivity contribution in [3.05, 3.63) is 108 Å². The predicted octanol–water partition coefficient (Wildman–Crippen LogP) is 5.06. The number of aliphatic hydroxyl groups excluding tert-OH is 2. The normalized spacial score (nSPS) is 13.0. The highest BCUT2D eigenvalue weighted by Crippen LogP contribution is 2.33. The van der Waals surface area contributed by atoms with E-state index in [1.54, 1.807) is 0 Å². The zero-order chi connectivity index (χ0) is 20.8. The molecule has 4 aromatic carbocycles. The molecule has 4 heteroatoms. The van der Waals surface area contributed by atoms with Crippen LogP contribution in [0.3, 0.4) is 0 Å². The summed E-state index contributed by atoms with van der Waals surface area (Å²) < 4.78 is 11.9. The average molecular weight is 400 g/mol. The molecule has 0 aromatic heterocycles. The summed E-state index contributed by atoms with van der Waals surface area (Å²) in [5.74, 6) is 1.35. The maximum absolute atomic E-state index is 10.4. The molecule has 4 nitrogen and oxygen atoms in total. The molecule has 0 saturated carbocycles. The summed E-state index contributed by atoms with van der Waals surface area (Å²) in [6.45, 7) is 0.307. The van der Waals surface area contributed by atoms with Crippen molar-refractivity contribution in [2.24, 2.45) is 0 Å². The van der Waals surface area contributed by atoms with Crippen LogP contribution in [0.5, 0.6) is 11.5 Å². The van der Waals surface area contributed by atoms with Gasteiger partial charge in [-0.3, -0.25) is 0 Å². The SMILES string of the molecule is OC(COc1cccc2c(OCC(O)c3ccccc3)cccc12)c1ccccc1. The average Bonchev–Trinajstić information content (AvgIpc) is 2.82. The van der Waals surface area contributed by atoms with Crippen LogP contribution in [0.1, 0.15) is 23.3 Å². The molecular weight excluding hydrogens is 376 g/mol. The Labute approximate surface area is 176 Å². The number of rotatable bonds is 8. The zero-order valence-electron chi connectivity index (χ0n) is 16.5. The van der Waals surface area contributed by atoms with Crippen LogP contribution in [-0.2, 0) is 0 Å². The Morgan fingerprint density at radius 3 is 1.30 bits per heavy atom. The van der Waals surface area contributed by atoms with Gasteiger partial charge >= 0.3 is 0 Å². The van der Waals surface area contributed by atoms with Crippen LogP contribution in [0.25, 0.3) is 10.8 Å². The van der Waals surface area contributed by atoms with Crippen LogP contribution in [0.4, 0.5) is 0 Å². The van der Waals surface area contributed by atoms with E-state index in [4.69, 9.17) is 9.47 Å². The minimum atomic E-state index is -0.707. The lowest BCUT2D eigenvalue weighted by molar-refractivity contribution is 0.108. The number of hydrogen-bond donors (Lipinski definition) is 2. The monoisotopic (exact) mass is 400 g/mol. The summed E-state index contributed by atoms with van der Waals surface area (Å²) in [4.78, 5) is 0. The zero-order valence-corrected chi connectivity index (χ0v) is 16.5. The summed E-state index contributed by atoms with van der Waals surface area (Å²) in [5.41, 5.74) is 1.63. The van der Waals surface area contributed by atoms with Gasteiger partial charge in [0.2, 0.25) is 0 Å². The van der Waals surface area contributed by atoms with E-state index in [2.05, 4.69) is 0 Å². The van der Waals surface area contributed by atoms with Gasteiger partial charge in [0, 0.05) is 10.8 Å². The lowest BCUT2D eigenvalue weighted by Crippen LogP contribution is -2.10. The lowest BCUT2D eigenvalue weighted by Gasteiger charge is -2.16. The Morgan fingerprint density at radius 2 is 0.900 bits per heavy atom. The minimum Gasteiger partial charge on any atom is -0.490 e. The van der Waals surface area contributed by atoms with Crippen molar-refractivity contribution < 1.29 is 19.7 Å². The van der Waals surface area contributed by atoms with Gasteiger partial charge in [-0.25, -0.2) is 0 Å². The van der Waals surface area contributed by atoms with Gasteiger partial charge in [-0.2, -0.15) is 0 Å². The van der Waals surface area contributed by atoms with Gasteiger partial charge in [0.25, 0.3) is 0 Å². The Kier molecular flexibility index (Phi) is 6.28. The Hall–Kier alpha value is -3.34. The van der Waals surface area contributed by atoms with Crippen LogP contribution in [-0.4, -0.2) is 23.4 Å². The second-order valence-corrected chi connectivity index (χ2v) is 7.08. The molecule has 0 spiro atoms. The fourth-order valence-corrected chi connectivity index (χ4v) is 3.38. The number of benzene rings is 4. The highest BCUT2D eigenvalue weighted by molar-refractivity contribution is 5.93. The van der Waals surface area contributed by atoms with Crippen LogP contribution in [0.15, 0.2) is 97.1 Å². The Balaban J connectivity index is 1.48. The van der Waals surface area contributed by atoms with Crippen LogP contribution in [0.2, 0.25) is 0 Å². The third kappa shape index (κ3) is 4.62. The number of fused-ring (bicyclic) bond motifs is 1. The molecule has 0 fully saturated rings. The highest BCUT2D eigenvalue weighted by Gasteiger charge is 2.13. The Bertz CT molecular complexity index is 991. The van der Waals surface area contributed by atoms with E-state index in [0.29, 0.717) is 11.5 Å². The van der Waals surface area contributed by atoms with Crippen molar-refractivity contribution in [3.63, 3.8) is 0 Å². The molecule has 152 valence electrons. The van der Waals surface area contributed by atoms with Crippen molar-refractivity contribution in [1.82, 2.24) is 0 Å². The molecule has 0 saturated heterocycles. The van der Waals surface area contributed by atoms with E-state index < -0.39 is 12.2 Å². The molecule has 30 heavy (non-hydrogen) atoms. The van der Waals surface area contributed by atoms with Gasteiger partial charge in [-0.15, -0.1) is 0 Å². The summed E-state index contributed by atoms with van der Waals surface area (Å²) in [7, 11) is 0.